The van der Waals surface area contributed by atoms with Gasteiger partial charge >= 0.3 is 0 Å². The lowest BCUT2D eigenvalue weighted by molar-refractivity contribution is -0.118. The number of nitrogens with one attached hydrogen (secondary N) is 1. The molecule has 1 atom stereocenters. The second-order valence-corrected chi connectivity index (χ2v) is 4.87. The first kappa shape index (κ1) is 12.5. The maximum atomic E-state index is 13.2. The van der Waals surface area contributed by atoms with E-state index in [4.69, 9.17) is 4.74 Å². The van der Waals surface area contributed by atoms with Gasteiger partial charge in [0.15, 0.2) is 0 Å². The Balaban J connectivity index is 1.90. The van der Waals surface area contributed by atoms with Crippen LogP contribution in [-0.2, 0) is 9.53 Å². The zero-order valence-electron chi connectivity index (χ0n) is 9.21. The van der Waals surface area contributed by atoms with Gasteiger partial charge in [-0.3, -0.25) is 4.79 Å². The Labute approximate surface area is 107 Å². The first-order valence-electron chi connectivity index (χ1n) is 5.51. The zero-order chi connectivity index (χ0) is 12.3. The lowest BCUT2D eigenvalue weighted by Crippen LogP contribution is -2.19. The van der Waals surface area contributed by atoms with Crippen molar-refractivity contribution in [1.82, 2.24) is 0 Å². The Kier molecular flexibility index (Phi) is 4.12. The molecule has 1 aromatic rings. The number of amides is 1. The monoisotopic (exact) mass is 301 g/mol. The Bertz CT molecular complexity index is 419. The van der Waals surface area contributed by atoms with E-state index in [1.807, 2.05) is 0 Å². The highest BCUT2D eigenvalue weighted by Gasteiger charge is 2.19. The van der Waals surface area contributed by atoms with Crippen molar-refractivity contribution in [2.75, 3.05) is 11.9 Å². The Morgan fingerprint density at radius 2 is 2.41 bits per heavy atom. The predicted octanol–water partition coefficient (Wildman–Crippen LogP) is 3.10. The molecule has 2 rings (SSSR count). The molecule has 1 N–H and O–H groups in total. The number of hydrogen-bond acceptors (Lipinski definition) is 2. The number of carbonyl (C=O) groups is 1. The zero-order valence-corrected chi connectivity index (χ0v) is 10.8. The summed E-state index contributed by atoms with van der Waals surface area (Å²) in [5.74, 6) is -0.529. The lowest BCUT2D eigenvalue weighted by Gasteiger charge is -2.10. The maximum Gasteiger partial charge on any atom is 0.226 e. The summed E-state index contributed by atoms with van der Waals surface area (Å²) < 4.78 is 19.0. The molecule has 5 heteroatoms. The minimum Gasteiger partial charge on any atom is -0.378 e. The van der Waals surface area contributed by atoms with Gasteiger partial charge in [-0.15, -0.1) is 0 Å². The van der Waals surface area contributed by atoms with Gasteiger partial charge in [0.1, 0.15) is 5.82 Å². The number of hydrogen-bond donors (Lipinski definition) is 1. The van der Waals surface area contributed by atoms with Crippen molar-refractivity contribution in [3.05, 3.63) is 28.5 Å². The SMILES string of the molecule is O=C(CC1CCCO1)Nc1ccc(Br)c(F)c1. The molecule has 1 heterocycles. The number of ether oxygens (including phenoxy) is 1. The van der Waals surface area contributed by atoms with Gasteiger partial charge in [0.25, 0.3) is 0 Å². The molecule has 0 radical (unpaired) electrons. The van der Waals surface area contributed by atoms with E-state index in [1.165, 1.54) is 6.07 Å². The van der Waals surface area contributed by atoms with E-state index in [-0.39, 0.29) is 17.8 Å². The van der Waals surface area contributed by atoms with Crippen LogP contribution in [0.5, 0.6) is 0 Å². The highest BCUT2D eigenvalue weighted by molar-refractivity contribution is 9.10. The van der Waals surface area contributed by atoms with Crippen molar-refractivity contribution in [2.24, 2.45) is 0 Å². The van der Waals surface area contributed by atoms with Crippen LogP contribution in [0.15, 0.2) is 22.7 Å². The van der Waals surface area contributed by atoms with Crippen LogP contribution in [0.25, 0.3) is 0 Å². The summed E-state index contributed by atoms with van der Waals surface area (Å²) in [6.07, 6.45) is 2.26. The first-order chi connectivity index (χ1) is 8.15. The van der Waals surface area contributed by atoms with Gasteiger partial charge in [-0.1, -0.05) is 0 Å². The maximum absolute atomic E-state index is 13.2. The summed E-state index contributed by atoms with van der Waals surface area (Å²) in [5, 5.41) is 2.66. The standard InChI is InChI=1S/C12H13BrFNO2/c13-10-4-3-8(6-11(10)14)15-12(16)7-9-2-1-5-17-9/h3-4,6,9H,1-2,5,7H2,(H,15,16). The van der Waals surface area contributed by atoms with Crippen molar-refractivity contribution < 1.29 is 13.9 Å². The van der Waals surface area contributed by atoms with Crippen LogP contribution in [0.3, 0.4) is 0 Å². The third kappa shape index (κ3) is 3.51. The van der Waals surface area contributed by atoms with E-state index in [2.05, 4.69) is 21.2 Å². The molecule has 1 aliphatic heterocycles. The molecular weight excluding hydrogens is 289 g/mol. The van der Waals surface area contributed by atoms with Crippen molar-refractivity contribution in [3.63, 3.8) is 0 Å². The van der Waals surface area contributed by atoms with Crippen molar-refractivity contribution in [3.8, 4) is 0 Å². The van der Waals surface area contributed by atoms with E-state index in [0.717, 1.165) is 19.4 Å². The minimum absolute atomic E-state index is 0.00953. The molecule has 0 spiro atoms. The molecule has 1 aliphatic rings. The van der Waals surface area contributed by atoms with Crippen molar-refractivity contribution >= 4 is 27.5 Å². The van der Waals surface area contributed by atoms with Crippen LogP contribution in [0.1, 0.15) is 19.3 Å². The second-order valence-electron chi connectivity index (χ2n) is 4.02. The van der Waals surface area contributed by atoms with Crippen LogP contribution < -0.4 is 5.32 Å². The molecule has 0 aromatic heterocycles. The molecule has 17 heavy (non-hydrogen) atoms. The van der Waals surface area contributed by atoms with Crippen molar-refractivity contribution in [1.29, 1.82) is 0 Å². The number of anilines is 1. The van der Waals surface area contributed by atoms with Crippen LogP contribution >= 0.6 is 15.9 Å². The van der Waals surface area contributed by atoms with Crippen LogP contribution in [0.4, 0.5) is 10.1 Å². The van der Waals surface area contributed by atoms with Gasteiger partial charge in [-0.05, 0) is 47.0 Å². The predicted molar refractivity (Wildman–Crippen MR) is 66.3 cm³/mol. The summed E-state index contributed by atoms with van der Waals surface area (Å²) in [5.41, 5.74) is 0.466. The molecule has 3 nitrogen and oxygen atoms in total. The number of carbonyl (C=O) groups excluding carboxylic acids is 1. The fraction of sp³-hybridized carbons (Fsp3) is 0.417. The Morgan fingerprint density at radius 3 is 3.06 bits per heavy atom. The summed E-state index contributed by atoms with van der Waals surface area (Å²) in [4.78, 5) is 11.6. The van der Waals surface area contributed by atoms with Crippen LogP contribution in [0, 0.1) is 5.82 Å². The van der Waals surface area contributed by atoms with E-state index in [9.17, 15) is 9.18 Å². The fourth-order valence-electron chi connectivity index (χ4n) is 1.80. The number of rotatable bonds is 3. The molecular formula is C12H13BrFNO2. The lowest BCUT2D eigenvalue weighted by atomic mass is 10.2. The molecule has 0 aliphatic carbocycles. The summed E-state index contributed by atoms with van der Waals surface area (Å²) in [6, 6.07) is 4.51. The van der Waals surface area contributed by atoms with Crippen molar-refractivity contribution in [2.45, 2.75) is 25.4 Å². The normalized spacial score (nSPS) is 19.3. The smallest absolute Gasteiger partial charge is 0.226 e. The molecule has 0 saturated carbocycles. The highest BCUT2D eigenvalue weighted by Crippen LogP contribution is 2.20. The molecule has 1 aromatic carbocycles. The number of halogens is 2. The third-order valence-corrected chi connectivity index (χ3v) is 3.28. The van der Waals surface area contributed by atoms with E-state index >= 15 is 0 Å². The minimum atomic E-state index is -0.389. The largest absolute Gasteiger partial charge is 0.378 e. The van der Waals surface area contributed by atoms with Gasteiger partial charge in [-0.2, -0.15) is 0 Å². The Hall–Kier alpha value is -0.940. The average Bonchev–Trinajstić information content (AvgIpc) is 2.76. The quantitative estimate of drug-likeness (QED) is 0.932. The van der Waals surface area contributed by atoms with E-state index in [0.29, 0.717) is 16.6 Å². The molecule has 1 amide bonds. The first-order valence-corrected chi connectivity index (χ1v) is 6.31. The molecule has 1 unspecified atom stereocenters. The van der Waals surface area contributed by atoms with Gasteiger partial charge < -0.3 is 10.1 Å². The van der Waals surface area contributed by atoms with E-state index in [1.54, 1.807) is 12.1 Å². The molecule has 1 saturated heterocycles. The van der Waals surface area contributed by atoms with Gasteiger partial charge in [0, 0.05) is 12.3 Å². The summed E-state index contributed by atoms with van der Waals surface area (Å²) in [6.45, 7) is 0.727. The summed E-state index contributed by atoms with van der Waals surface area (Å²) >= 11 is 3.06. The van der Waals surface area contributed by atoms with Gasteiger partial charge in [0.2, 0.25) is 5.91 Å². The topological polar surface area (TPSA) is 38.3 Å². The third-order valence-electron chi connectivity index (χ3n) is 2.64. The van der Waals surface area contributed by atoms with Crippen LogP contribution in [-0.4, -0.2) is 18.6 Å². The Morgan fingerprint density at radius 1 is 1.59 bits per heavy atom. The molecule has 0 bridgehead atoms. The number of benzene rings is 1. The average molecular weight is 302 g/mol. The highest BCUT2D eigenvalue weighted by atomic mass is 79.9. The van der Waals surface area contributed by atoms with Gasteiger partial charge in [0.05, 0.1) is 17.0 Å². The second kappa shape index (κ2) is 5.60. The molecule has 1 fully saturated rings. The van der Waals surface area contributed by atoms with E-state index < -0.39 is 0 Å². The molecule has 92 valence electrons. The summed E-state index contributed by atoms with van der Waals surface area (Å²) in [7, 11) is 0. The van der Waals surface area contributed by atoms with Gasteiger partial charge in [-0.25, -0.2) is 4.39 Å². The van der Waals surface area contributed by atoms with Crippen LogP contribution in [0.2, 0.25) is 0 Å². The fourth-order valence-corrected chi connectivity index (χ4v) is 2.04.